The molecule has 0 bridgehead atoms. The molecule has 1 aliphatic heterocycles. The second-order valence-electron chi connectivity index (χ2n) is 8.45. The minimum Gasteiger partial charge on any atom is -0.382 e. The molecule has 0 saturated heterocycles. The van der Waals surface area contributed by atoms with E-state index in [1.165, 1.54) is 11.1 Å². The number of benzene rings is 4. The van der Waals surface area contributed by atoms with Crippen LogP contribution in [0.25, 0.3) is 0 Å². The van der Waals surface area contributed by atoms with Crippen LogP contribution in [0.15, 0.2) is 126 Å². The number of rotatable bonds is 7. The average Bonchev–Trinajstić information content (AvgIpc) is 3.21. The zero-order valence-corrected chi connectivity index (χ0v) is 18.8. The highest BCUT2D eigenvalue weighted by Gasteiger charge is 2.51. The normalized spacial score (nSPS) is 20.0. The van der Waals surface area contributed by atoms with E-state index < -0.39 is 5.54 Å². The molecule has 1 heterocycles. The molecule has 0 radical (unpaired) electrons. The number of methoxy groups -OCH3 is 1. The maximum Gasteiger partial charge on any atom is 0.136 e. The Morgan fingerprint density at radius 3 is 1.88 bits per heavy atom. The lowest BCUT2D eigenvalue weighted by Gasteiger charge is -2.38. The first-order valence-electron chi connectivity index (χ1n) is 11.4. The van der Waals surface area contributed by atoms with Gasteiger partial charge in [0, 0.05) is 19.2 Å². The Balaban J connectivity index is 1.75. The van der Waals surface area contributed by atoms with Gasteiger partial charge in [0.2, 0.25) is 0 Å². The topological polar surface area (TPSA) is 24.8 Å². The van der Waals surface area contributed by atoms with Crippen molar-refractivity contribution in [3.63, 3.8) is 0 Å². The lowest BCUT2D eigenvalue weighted by atomic mass is 9.80. The minimum absolute atomic E-state index is 0.0172. The monoisotopic (exact) mass is 432 g/mol. The summed E-state index contributed by atoms with van der Waals surface area (Å²) in [6.45, 7) is 1.24. The Bertz CT molecular complexity index is 1190. The zero-order chi connectivity index (χ0) is 22.5. The van der Waals surface area contributed by atoms with E-state index in [1.807, 2.05) is 0 Å². The van der Waals surface area contributed by atoms with E-state index in [2.05, 4.69) is 126 Å². The number of ether oxygens (including phenoxy) is 1. The highest BCUT2D eigenvalue weighted by Crippen LogP contribution is 2.49. The first-order valence-corrected chi connectivity index (χ1v) is 11.4. The third-order valence-electron chi connectivity index (χ3n) is 6.32. The maximum absolute atomic E-state index is 5.88. The van der Waals surface area contributed by atoms with Crippen molar-refractivity contribution < 1.29 is 4.74 Å². The molecule has 2 atom stereocenters. The van der Waals surface area contributed by atoms with Crippen molar-refractivity contribution in [1.82, 2.24) is 4.90 Å². The van der Waals surface area contributed by atoms with Crippen LogP contribution in [0.1, 0.15) is 28.3 Å². The molecule has 4 aromatic carbocycles. The summed E-state index contributed by atoms with van der Waals surface area (Å²) < 4.78 is 5.88. The fourth-order valence-corrected chi connectivity index (χ4v) is 4.91. The molecule has 1 aliphatic rings. The summed E-state index contributed by atoms with van der Waals surface area (Å²) in [5.41, 5.74) is 4.18. The van der Waals surface area contributed by atoms with Gasteiger partial charge in [-0.25, -0.2) is 0 Å². The summed E-state index contributed by atoms with van der Waals surface area (Å²) >= 11 is 0. The van der Waals surface area contributed by atoms with Gasteiger partial charge in [-0.1, -0.05) is 121 Å². The minimum atomic E-state index is -0.572. The zero-order valence-electron chi connectivity index (χ0n) is 18.8. The van der Waals surface area contributed by atoms with E-state index in [9.17, 15) is 0 Å². The first-order chi connectivity index (χ1) is 16.3. The van der Waals surface area contributed by atoms with Gasteiger partial charge in [0.15, 0.2) is 0 Å². The van der Waals surface area contributed by atoms with E-state index in [-0.39, 0.29) is 6.04 Å². The standard InChI is InChI=1S/C30H28N2O/c1-33-23-30(27-20-12-5-13-21-27)28(25-16-8-3-9-17-25)32(22-24-14-6-2-7-15-24)29(31-30)26-18-10-4-11-19-26/h2-21,28H,22-23H2,1H3. The molecule has 3 heteroatoms. The van der Waals surface area contributed by atoms with E-state index in [1.54, 1.807) is 7.11 Å². The van der Waals surface area contributed by atoms with Crippen LogP contribution in [0.3, 0.4) is 0 Å². The van der Waals surface area contributed by atoms with Crippen LogP contribution < -0.4 is 0 Å². The van der Waals surface area contributed by atoms with Gasteiger partial charge in [0.1, 0.15) is 11.4 Å². The molecule has 33 heavy (non-hydrogen) atoms. The largest absolute Gasteiger partial charge is 0.382 e. The molecule has 0 spiro atoms. The Morgan fingerprint density at radius 1 is 0.727 bits per heavy atom. The van der Waals surface area contributed by atoms with Crippen LogP contribution >= 0.6 is 0 Å². The maximum atomic E-state index is 5.88. The van der Waals surface area contributed by atoms with Gasteiger partial charge in [-0.15, -0.1) is 0 Å². The molecule has 0 amide bonds. The lowest BCUT2D eigenvalue weighted by molar-refractivity contribution is 0.0928. The summed E-state index contributed by atoms with van der Waals surface area (Å²) in [7, 11) is 1.77. The Hall–Kier alpha value is -3.69. The predicted molar refractivity (Wildman–Crippen MR) is 134 cm³/mol. The summed E-state index contributed by atoms with van der Waals surface area (Å²) in [6, 6.07) is 42.4. The number of nitrogens with zero attached hydrogens (tertiary/aromatic N) is 2. The number of hydrogen-bond acceptors (Lipinski definition) is 3. The molecule has 2 unspecified atom stereocenters. The van der Waals surface area contributed by atoms with Crippen molar-refractivity contribution in [2.75, 3.05) is 13.7 Å². The van der Waals surface area contributed by atoms with Gasteiger partial charge in [-0.05, 0) is 16.7 Å². The summed E-state index contributed by atoms with van der Waals surface area (Å²) in [5, 5.41) is 0. The second kappa shape index (κ2) is 9.43. The molecule has 0 aromatic heterocycles. The third kappa shape index (κ3) is 4.08. The van der Waals surface area contributed by atoms with E-state index in [0.29, 0.717) is 6.61 Å². The van der Waals surface area contributed by atoms with Crippen molar-refractivity contribution in [2.24, 2.45) is 4.99 Å². The molecular formula is C30H28N2O. The second-order valence-corrected chi connectivity index (χ2v) is 8.45. The fourth-order valence-electron chi connectivity index (χ4n) is 4.91. The van der Waals surface area contributed by atoms with E-state index >= 15 is 0 Å². The Labute approximate surface area is 196 Å². The smallest absolute Gasteiger partial charge is 0.136 e. The van der Waals surface area contributed by atoms with Crippen LogP contribution in [0.5, 0.6) is 0 Å². The Kier molecular flexibility index (Phi) is 6.05. The van der Waals surface area contributed by atoms with Crippen molar-refractivity contribution in [3.8, 4) is 0 Å². The quantitative estimate of drug-likeness (QED) is 0.346. The van der Waals surface area contributed by atoms with Gasteiger partial charge in [0.25, 0.3) is 0 Å². The lowest BCUT2D eigenvalue weighted by Crippen LogP contribution is -2.41. The van der Waals surface area contributed by atoms with Gasteiger partial charge in [0.05, 0.1) is 12.6 Å². The van der Waals surface area contributed by atoms with E-state index in [4.69, 9.17) is 9.73 Å². The summed E-state index contributed by atoms with van der Waals surface area (Å²) in [4.78, 5) is 7.95. The van der Waals surface area contributed by atoms with Crippen LogP contribution in [0, 0.1) is 0 Å². The highest BCUT2D eigenvalue weighted by atomic mass is 16.5. The predicted octanol–water partition coefficient (Wildman–Crippen LogP) is 6.23. The number of amidine groups is 1. The molecule has 4 aromatic rings. The molecule has 3 nitrogen and oxygen atoms in total. The van der Waals surface area contributed by atoms with Crippen LogP contribution in [0.2, 0.25) is 0 Å². The SMILES string of the molecule is COCC1(c2ccccc2)N=C(c2ccccc2)N(Cc2ccccc2)C1c1ccccc1. The molecule has 5 rings (SSSR count). The Morgan fingerprint density at radius 2 is 1.27 bits per heavy atom. The highest BCUT2D eigenvalue weighted by molar-refractivity contribution is 6.01. The van der Waals surface area contributed by atoms with Crippen molar-refractivity contribution >= 4 is 5.84 Å². The third-order valence-corrected chi connectivity index (χ3v) is 6.32. The van der Waals surface area contributed by atoms with Crippen LogP contribution in [0.4, 0.5) is 0 Å². The molecule has 0 N–H and O–H groups in total. The van der Waals surface area contributed by atoms with Gasteiger partial charge < -0.3 is 9.64 Å². The molecule has 0 aliphatic carbocycles. The van der Waals surface area contributed by atoms with E-state index in [0.717, 1.165) is 23.5 Å². The van der Waals surface area contributed by atoms with Crippen molar-refractivity contribution in [3.05, 3.63) is 144 Å². The molecule has 0 saturated carbocycles. The first kappa shape index (κ1) is 21.2. The van der Waals surface area contributed by atoms with Gasteiger partial charge in [-0.2, -0.15) is 0 Å². The van der Waals surface area contributed by atoms with Crippen molar-refractivity contribution in [2.45, 2.75) is 18.1 Å². The fraction of sp³-hybridized carbons (Fsp3) is 0.167. The van der Waals surface area contributed by atoms with Crippen molar-refractivity contribution in [1.29, 1.82) is 0 Å². The average molecular weight is 433 g/mol. The molecule has 164 valence electrons. The summed E-state index contributed by atoms with van der Waals surface area (Å²) in [6.07, 6.45) is 0. The summed E-state index contributed by atoms with van der Waals surface area (Å²) in [5.74, 6) is 0.995. The van der Waals surface area contributed by atoms with Gasteiger partial charge in [-0.3, -0.25) is 4.99 Å². The van der Waals surface area contributed by atoms with Gasteiger partial charge >= 0.3 is 0 Å². The molecular weight excluding hydrogens is 404 g/mol. The van der Waals surface area contributed by atoms with Crippen LogP contribution in [-0.2, 0) is 16.8 Å². The number of hydrogen-bond donors (Lipinski definition) is 0. The molecule has 0 fully saturated rings. The van der Waals surface area contributed by atoms with Crippen LogP contribution in [-0.4, -0.2) is 24.5 Å². The number of aliphatic imine (C=N–C) groups is 1.